The van der Waals surface area contributed by atoms with E-state index in [-0.39, 0.29) is 0 Å². The monoisotopic (exact) mass is 1220 g/mol. The molecule has 0 unspecified atom stereocenters. The number of para-hydroxylation sites is 2. The van der Waals surface area contributed by atoms with E-state index in [1.165, 1.54) is 0 Å². The Morgan fingerprint density at radius 2 is 0.448 bits per heavy atom. The van der Waals surface area contributed by atoms with Gasteiger partial charge in [0.1, 0.15) is 0 Å². The molecule has 4 aromatic heterocycles. The summed E-state index contributed by atoms with van der Waals surface area (Å²) in [7, 11) is 0. The summed E-state index contributed by atoms with van der Waals surface area (Å²) in [5.41, 5.74) is 25.5. The van der Waals surface area contributed by atoms with E-state index in [1.807, 2.05) is 0 Å². The largest absolute Gasteiger partial charge is 0.319 e. The SMILES string of the molecule is [C-]#[N+]c1c(-n2c3ccc(-c4ccccc4)cc3c3cc(-c4ccccc4)ccc32)c(-n2c3ccc(-c4ccccc4)cc3c3cc(-c4ccccc4)ccc32)c(-n2c3ccc(-c4ccccc4)cc3c3cc(-c4ccccc4)ccc32)c2c3ccccc3n(-c3ccccc3)c12. The Bertz CT molecular complexity index is 6040. The van der Waals surface area contributed by atoms with Crippen LogP contribution in [0.2, 0.25) is 0 Å². The average molecular weight is 1220 g/mol. The Morgan fingerprint density at radius 1 is 0.198 bits per heavy atom. The second kappa shape index (κ2) is 22.1. The van der Waals surface area contributed by atoms with Crippen molar-refractivity contribution in [3.05, 3.63) is 357 Å². The molecule has 0 N–H and O–H groups in total. The number of rotatable bonds is 10. The zero-order valence-electron chi connectivity index (χ0n) is 52.1. The van der Waals surface area contributed by atoms with Crippen molar-refractivity contribution in [2.75, 3.05) is 0 Å². The Balaban J connectivity index is 1.08. The van der Waals surface area contributed by atoms with Gasteiger partial charge in [0.15, 0.2) is 0 Å². The maximum atomic E-state index is 10.2. The van der Waals surface area contributed by atoms with Crippen LogP contribution in [0, 0.1) is 6.57 Å². The van der Waals surface area contributed by atoms with Gasteiger partial charge < -0.3 is 18.3 Å². The third kappa shape index (κ3) is 8.56. The van der Waals surface area contributed by atoms with Gasteiger partial charge in [0.2, 0.25) is 5.69 Å². The molecular weight excluding hydrogens is 1160 g/mol. The average Bonchev–Trinajstić information content (AvgIpc) is 1.50. The molecule has 15 aromatic carbocycles. The molecule has 0 aliphatic heterocycles. The summed E-state index contributed by atoms with van der Waals surface area (Å²) in [6.07, 6.45) is 0. The number of benzene rings is 15. The molecule has 0 bridgehead atoms. The molecule has 446 valence electrons. The van der Waals surface area contributed by atoms with Gasteiger partial charge in [-0.05, 0) is 158 Å². The molecule has 19 rings (SSSR count). The van der Waals surface area contributed by atoms with Gasteiger partial charge >= 0.3 is 0 Å². The molecule has 0 saturated heterocycles. The van der Waals surface area contributed by atoms with Crippen molar-refractivity contribution >= 4 is 92.9 Å². The predicted molar refractivity (Wildman–Crippen MR) is 403 cm³/mol. The zero-order chi connectivity index (χ0) is 63.4. The lowest BCUT2D eigenvalue weighted by Crippen LogP contribution is -2.11. The van der Waals surface area contributed by atoms with Crippen molar-refractivity contribution in [1.29, 1.82) is 0 Å². The molecule has 0 radical (unpaired) electrons. The first-order valence-corrected chi connectivity index (χ1v) is 32.8. The fraction of sp³-hybridized carbons (Fsp3) is 0. The minimum atomic E-state index is 0.525. The van der Waals surface area contributed by atoms with Crippen molar-refractivity contribution in [3.8, 4) is 89.5 Å². The molecule has 5 nitrogen and oxygen atoms in total. The highest BCUT2D eigenvalue weighted by Gasteiger charge is 2.34. The van der Waals surface area contributed by atoms with Crippen molar-refractivity contribution < 1.29 is 0 Å². The summed E-state index contributed by atoms with van der Waals surface area (Å²) >= 11 is 0. The molecule has 0 aliphatic rings. The van der Waals surface area contributed by atoms with Crippen LogP contribution in [0.5, 0.6) is 0 Å². The van der Waals surface area contributed by atoms with Crippen LogP contribution in [0.4, 0.5) is 5.69 Å². The summed E-state index contributed by atoms with van der Waals surface area (Å²) in [6.45, 7) is 10.2. The fourth-order valence-corrected chi connectivity index (χ4v) is 15.4. The predicted octanol–water partition coefficient (Wildman–Crippen LogP) is 24.6. The molecule has 96 heavy (non-hydrogen) atoms. The first-order chi connectivity index (χ1) is 47.6. The number of fused-ring (bicyclic) bond motifs is 12. The smallest absolute Gasteiger partial charge is 0.236 e. The van der Waals surface area contributed by atoms with Crippen LogP contribution in [0.3, 0.4) is 0 Å². The Morgan fingerprint density at radius 3 is 0.750 bits per heavy atom. The van der Waals surface area contributed by atoms with Crippen molar-refractivity contribution in [3.63, 3.8) is 0 Å². The fourth-order valence-electron chi connectivity index (χ4n) is 15.4. The Labute approximate surface area is 554 Å². The summed E-state index contributed by atoms with van der Waals surface area (Å²) in [6, 6.07) is 126. The number of nitrogens with zero attached hydrogens (tertiary/aromatic N) is 5. The van der Waals surface area contributed by atoms with Gasteiger partial charge in [0.05, 0.1) is 67.8 Å². The van der Waals surface area contributed by atoms with Gasteiger partial charge in [-0.15, -0.1) is 0 Å². The number of aromatic nitrogens is 4. The Kier molecular flexibility index (Phi) is 12.6. The highest BCUT2D eigenvalue weighted by molar-refractivity contribution is 6.25. The van der Waals surface area contributed by atoms with E-state index < -0.39 is 0 Å². The van der Waals surface area contributed by atoms with Gasteiger partial charge in [0.25, 0.3) is 0 Å². The van der Waals surface area contributed by atoms with Gasteiger partial charge in [-0.2, -0.15) is 0 Å². The van der Waals surface area contributed by atoms with E-state index in [1.54, 1.807) is 0 Å². The molecule has 5 heteroatoms. The molecule has 0 amide bonds. The second-order valence-corrected chi connectivity index (χ2v) is 25.0. The van der Waals surface area contributed by atoms with Crippen molar-refractivity contribution in [1.82, 2.24) is 18.3 Å². The molecule has 0 spiro atoms. The topological polar surface area (TPSA) is 24.1 Å². The molecule has 0 fully saturated rings. The molecule has 4 heterocycles. The van der Waals surface area contributed by atoms with Crippen LogP contribution >= 0.6 is 0 Å². The van der Waals surface area contributed by atoms with Crippen LogP contribution in [0.1, 0.15) is 0 Å². The zero-order valence-corrected chi connectivity index (χ0v) is 52.1. The summed E-state index contributed by atoms with van der Waals surface area (Å²) in [5, 5.41) is 8.59. The van der Waals surface area contributed by atoms with Gasteiger partial charge in [-0.3, -0.25) is 0 Å². The Hall–Kier alpha value is -13.0. The second-order valence-electron chi connectivity index (χ2n) is 25.0. The van der Waals surface area contributed by atoms with E-state index in [2.05, 4.69) is 364 Å². The summed E-state index contributed by atoms with van der Waals surface area (Å²) < 4.78 is 9.91. The summed E-state index contributed by atoms with van der Waals surface area (Å²) in [4.78, 5) is 5.04. The van der Waals surface area contributed by atoms with Gasteiger partial charge in [-0.1, -0.05) is 255 Å². The normalized spacial score (nSPS) is 11.7. The standard InChI is InChI=1S/C91H57N5/c1-92-87-88-86(72-39-23-24-40-79(72)93(88)71-37-21-8-22-38-71)89(94-80-47-41-65(59-25-9-2-10-26-59)53-73(80)74-54-66(42-48-81(74)94)60-27-11-3-12-28-60)91(96-84-51-45-69(63-33-17-6-18-34-63)57-77(84)78-58-70(46-52-85(78)96)64-35-19-7-20-36-64)90(87)95-82-49-43-67(61-29-13-4-14-30-61)55-75(82)76-56-68(44-50-83(76)95)62-31-15-5-16-32-62/h2-58H. The van der Waals surface area contributed by atoms with E-state index in [4.69, 9.17) is 4.85 Å². The summed E-state index contributed by atoms with van der Waals surface area (Å²) in [5.74, 6) is 0. The van der Waals surface area contributed by atoms with Crippen LogP contribution in [-0.2, 0) is 0 Å². The minimum absolute atomic E-state index is 0.525. The van der Waals surface area contributed by atoms with E-state index in [0.29, 0.717) is 5.69 Å². The highest BCUT2D eigenvalue weighted by atomic mass is 15.1. The number of hydrogen-bond donors (Lipinski definition) is 0. The number of hydrogen-bond acceptors (Lipinski definition) is 0. The molecule has 19 aromatic rings. The highest BCUT2D eigenvalue weighted by Crippen LogP contribution is 2.54. The molecule has 0 atom stereocenters. The first kappa shape index (κ1) is 54.7. The van der Waals surface area contributed by atoms with Crippen LogP contribution in [0.15, 0.2) is 346 Å². The van der Waals surface area contributed by atoms with E-state index in [0.717, 1.165) is 177 Å². The van der Waals surface area contributed by atoms with E-state index in [9.17, 15) is 6.57 Å². The molecular formula is C91H57N5. The third-order valence-corrected chi connectivity index (χ3v) is 19.7. The van der Waals surface area contributed by atoms with Gasteiger partial charge in [0, 0.05) is 48.8 Å². The lowest BCUT2D eigenvalue weighted by Gasteiger charge is -2.25. The quantitative estimate of drug-likeness (QED) is 0.122. The minimum Gasteiger partial charge on any atom is -0.319 e. The maximum Gasteiger partial charge on any atom is 0.236 e. The van der Waals surface area contributed by atoms with Gasteiger partial charge in [-0.25, -0.2) is 4.85 Å². The third-order valence-electron chi connectivity index (χ3n) is 19.7. The van der Waals surface area contributed by atoms with Crippen LogP contribution < -0.4 is 0 Å². The van der Waals surface area contributed by atoms with Crippen LogP contribution in [0.25, 0.3) is 182 Å². The van der Waals surface area contributed by atoms with Crippen molar-refractivity contribution in [2.24, 2.45) is 0 Å². The molecule has 0 saturated carbocycles. The molecule has 0 aliphatic carbocycles. The van der Waals surface area contributed by atoms with E-state index >= 15 is 0 Å². The maximum absolute atomic E-state index is 10.2. The van der Waals surface area contributed by atoms with Crippen molar-refractivity contribution in [2.45, 2.75) is 0 Å². The first-order valence-electron chi connectivity index (χ1n) is 32.8. The lowest BCUT2D eigenvalue weighted by atomic mass is 10.0. The van der Waals surface area contributed by atoms with Crippen LogP contribution in [-0.4, -0.2) is 18.3 Å². The lowest BCUT2D eigenvalue weighted by molar-refractivity contribution is 1.06.